The first-order valence-electron chi connectivity index (χ1n) is 6.13. The minimum absolute atomic E-state index is 0.348. The fourth-order valence-corrected chi connectivity index (χ4v) is 2.69. The van der Waals surface area contributed by atoms with E-state index >= 15 is 0 Å². The topological polar surface area (TPSA) is 55.0 Å². The van der Waals surface area contributed by atoms with E-state index in [2.05, 4.69) is 28.7 Å². The first kappa shape index (κ1) is 12.4. The van der Waals surface area contributed by atoms with Gasteiger partial charge in [0.1, 0.15) is 12.0 Å². The number of hydrogen-bond donors (Lipinski definition) is 1. The van der Waals surface area contributed by atoms with Crippen LogP contribution in [0.4, 0.5) is 11.5 Å². The Labute approximate surface area is 107 Å². The third-order valence-electron chi connectivity index (χ3n) is 4.05. The van der Waals surface area contributed by atoms with Crippen molar-refractivity contribution in [2.45, 2.75) is 33.1 Å². The fraction of sp³-hybridized carbons (Fsp3) is 0.667. The van der Waals surface area contributed by atoms with Crippen LogP contribution in [-0.4, -0.2) is 23.1 Å². The molecule has 0 unspecified atom stereocenters. The van der Waals surface area contributed by atoms with Gasteiger partial charge in [-0.3, -0.25) is 0 Å². The van der Waals surface area contributed by atoms with Gasteiger partial charge in [-0.05, 0) is 24.7 Å². The molecule has 1 aromatic rings. The molecule has 1 aromatic heterocycles. The second kappa shape index (κ2) is 4.69. The molecule has 94 valence electrons. The van der Waals surface area contributed by atoms with Crippen LogP contribution in [0.15, 0.2) is 6.33 Å². The number of nitrogen functional groups attached to an aromatic ring is 1. The summed E-state index contributed by atoms with van der Waals surface area (Å²) >= 11 is 5.93. The molecule has 0 atom stereocenters. The Balaban J connectivity index is 2.23. The molecule has 0 radical (unpaired) electrons. The predicted octanol–water partition coefficient (Wildman–Crippen LogP) is 2.73. The average Bonchev–Trinajstić information content (AvgIpc) is 2.78. The molecule has 2 rings (SSSR count). The fourth-order valence-electron chi connectivity index (χ4n) is 2.56. The van der Waals surface area contributed by atoms with Crippen molar-refractivity contribution in [3.8, 4) is 0 Å². The molecule has 2 heterocycles. The SMILES string of the molecule is CCC1(CC)CCN(c2ncnc(Cl)c2N)C1. The van der Waals surface area contributed by atoms with Crippen LogP contribution in [0.5, 0.6) is 0 Å². The minimum Gasteiger partial charge on any atom is -0.393 e. The van der Waals surface area contributed by atoms with Gasteiger partial charge in [-0.2, -0.15) is 0 Å². The molecule has 2 N–H and O–H groups in total. The van der Waals surface area contributed by atoms with E-state index in [0.29, 0.717) is 16.3 Å². The summed E-state index contributed by atoms with van der Waals surface area (Å²) in [5.74, 6) is 0.786. The van der Waals surface area contributed by atoms with E-state index in [-0.39, 0.29) is 0 Å². The maximum atomic E-state index is 5.94. The summed E-state index contributed by atoms with van der Waals surface area (Å²) in [6, 6.07) is 0. The number of nitrogens with two attached hydrogens (primary N) is 1. The Kier molecular flexibility index (Phi) is 3.43. The molecular weight excluding hydrogens is 236 g/mol. The van der Waals surface area contributed by atoms with E-state index < -0.39 is 0 Å². The summed E-state index contributed by atoms with van der Waals surface area (Å²) in [6.45, 7) is 6.52. The maximum absolute atomic E-state index is 5.94. The standard InChI is InChI=1S/C12H19ClN4/c1-3-12(4-2)5-6-17(7-12)11-9(14)10(13)15-8-16-11/h8H,3-7,14H2,1-2H3. The van der Waals surface area contributed by atoms with Crippen molar-refractivity contribution in [3.05, 3.63) is 11.5 Å². The number of anilines is 2. The van der Waals surface area contributed by atoms with Crippen molar-refractivity contribution < 1.29 is 0 Å². The Morgan fingerprint density at radius 2 is 2.12 bits per heavy atom. The first-order chi connectivity index (χ1) is 8.12. The minimum atomic E-state index is 0.348. The zero-order valence-electron chi connectivity index (χ0n) is 10.4. The maximum Gasteiger partial charge on any atom is 0.157 e. The molecule has 1 saturated heterocycles. The smallest absolute Gasteiger partial charge is 0.157 e. The molecule has 4 nitrogen and oxygen atoms in total. The van der Waals surface area contributed by atoms with Gasteiger partial charge < -0.3 is 10.6 Å². The Morgan fingerprint density at radius 3 is 2.71 bits per heavy atom. The lowest BCUT2D eigenvalue weighted by Crippen LogP contribution is -2.27. The molecule has 0 spiro atoms. The lowest BCUT2D eigenvalue weighted by molar-refractivity contribution is 0.301. The molecule has 1 aliphatic heterocycles. The summed E-state index contributed by atoms with van der Waals surface area (Å²) in [6.07, 6.45) is 5.06. The van der Waals surface area contributed by atoms with Crippen molar-refractivity contribution >= 4 is 23.1 Å². The van der Waals surface area contributed by atoms with Crippen LogP contribution < -0.4 is 10.6 Å². The number of hydrogen-bond acceptors (Lipinski definition) is 4. The molecule has 0 aromatic carbocycles. The quantitative estimate of drug-likeness (QED) is 0.843. The van der Waals surface area contributed by atoms with Crippen molar-refractivity contribution in [1.82, 2.24) is 9.97 Å². The summed E-state index contributed by atoms with van der Waals surface area (Å²) < 4.78 is 0. The van der Waals surface area contributed by atoms with E-state index in [9.17, 15) is 0 Å². The highest BCUT2D eigenvalue weighted by atomic mass is 35.5. The molecule has 1 fully saturated rings. The van der Waals surface area contributed by atoms with E-state index in [0.717, 1.165) is 18.9 Å². The largest absolute Gasteiger partial charge is 0.393 e. The van der Waals surface area contributed by atoms with Crippen LogP contribution in [0, 0.1) is 5.41 Å². The van der Waals surface area contributed by atoms with E-state index in [1.54, 1.807) is 0 Å². The molecular formula is C12H19ClN4. The van der Waals surface area contributed by atoms with Crippen LogP contribution in [0.1, 0.15) is 33.1 Å². The van der Waals surface area contributed by atoms with Gasteiger partial charge in [0.15, 0.2) is 11.0 Å². The zero-order chi connectivity index (χ0) is 12.5. The Hall–Kier alpha value is -1.03. The van der Waals surface area contributed by atoms with Crippen molar-refractivity contribution in [2.24, 2.45) is 5.41 Å². The highest BCUT2D eigenvalue weighted by molar-refractivity contribution is 6.32. The van der Waals surface area contributed by atoms with Crippen LogP contribution in [0.25, 0.3) is 0 Å². The number of rotatable bonds is 3. The average molecular weight is 255 g/mol. The normalized spacial score (nSPS) is 18.6. The molecule has 17 heavy (non-hydrogen) atoms. The predicted molar refractivity (Wildman–Crippen MR) is 71.3 cm³/mol. The summed E-state index contributed by atoms with van der Waals surface area (Å²) in [4.78, 5) is 10.4. The van der Waals surface area contributed by atoms with Gasteiger partial charge >= 0.3 is 0 Å². The third-order valence-corrected chi connectivity index (χ3v) is 4.35. The second-order valence-electron chi connectivity index (χ2n) is 4.78. The molecule has 0 saturated carbocycles. The number of nitrogens with zero attached hydrogens (tertiary/aromatic N) is 3. The lowest BCUT2D eigenvalue weighted by Gasteiger charge is -2.27. The first-order valence-corrected chi connectivity index (χ1v) is 6.50. The van der Waals surface area contributed by atoms with Crippen LogP contribution in [0.2, 0.25) is 5.15 Å². The Bertz CT molecular complexity index is 403. The summed E-state index contributed by atoms with van der Waals surface area (Å²) in [5.41, 5.74) is 6.84. The van der Waals surface area contributed by atoms with E-state index in [1.807, 2.05) is 0 Å². The van der Waals surface area contributed by atoms with Gasteiger partial charge in [-0.15, -0.1) is 0 Å². The van der Waals surface area contributed by atoms with Crippen molar-refractivity contribution in [3.63, 3.8) is 0 Å². The number of aromatic nitrogens is 2. The van der Waals surface area contributed by atoms with Crippen LogP contribution in [-0.2, 0) is 0 Å². The van der Waals surface area contributed by atoms with Crippen LogP contribution >= 0.6 is 11.6 Å². The third kappa shape index (κ3) is 2.18. The zero-order valence-corrected chi connectivity index (χ0v) is 11.2. The van der Waals surface area contributed by atoms with Crippen molar-refractivity contribution in [2.75, 3.05) is 23.7 Å². The molecule has 1 aliphatic rings. The Morgan fingerprint density at radius 1 is 1.41 bits per heavy atom. The molecule has 0 aliphatic carbocycles. The van der Waals surface area contributed by atoms with Gasteiger partial charge in [0.2, 0.25) is 0 Å². The van der Waals surface area contributed by atoms with E-state index in [4.69, 9.17) is 17.3 Å². The number of halogens is 1. The highest BCUT2D eigenvalue weighted by Crippen LogP contribution is 2.40. The highest BCUT2D eigenvalue weighted by Gasteiger charge is 2.36. The lowest BCUT2D eigenvalue weighted by atomic mass is 9.82. The van der Waals surface area contributed by atoms with Crippen LogP contribution in [0.3, 0.4) is 0 Å². The van der Waals surface area contributed by atoms with Gasteiger partial charge in [0, 0.05) is 13.1 Å². The monoisotopic (exact) mass is 254 g/mol. The van der Waals surface area contributed by atoms with Gasteiger partial charge in [-0.1, -0.05) is 25.4 Å². The molecule has 0 bridgehead atoms. The molecule has 5 heteroatoms. The molecule has 0 amide bonds. The van der Waals surface area contributed by atoms with Gasteiger partial charge in [-0.25, -0.2) is 9.97 Å². The van der Waals surface area contributed by atoms with Crippen molar-refractivity contribution in [1.29, 1.82) is 0 Å². The summed E-state index contributed by atoms with van der Waals surface area (Å²) in [7, 11) is 0. The summed E-state index contributed by atoms with van der Waals surface area (Å²) in [5, 5.41) is 0.348. The van der Waals surface area contributed by atoms with Gasteiger partial charge in [0.05, 0.1) is 0 Å². The van der Waals surface area contributed by atoms with E-state index in [1.165, 1.54) is 25.6 Å². The van der Waals surface area contributed by atoms with Gasteiger partial charge in [0.25, 0.3) is 0 Å². The second-order valence-corrected chi connectivity index (χ2v) is 5.14.